The van der Waals surface area contributed by atoms with Crippen LogP contribution in [0.4, 0.5) is 5.69 Å². The van der Waals surface area contributed by atoms with E-state index in [0.717, 1.165) is 22.9 Å². The average Bonchev–Trinajstić information content (AvgIpc) is 3.03. The van der Waals surface area contributed by atoms with E-state index in [1.54, 1.807) is 0 Å². The number of hydrogen-bond donors (Lipinski definition) is 1. The van der Waals surface area contributed by atoms with Crippen molar-refractivity contribution in [2.24, 2.45) is 0 Å². The number of amides is 1. The van der Waals surface area contributed by atoms with E-state index in [9.17, 15) is 4.79 Å². The number of nitrogens with zero attached hydrogens (tertiary/aromatic N) is 3. The first-order valence-electron chi connectivity index (χ1n) is 8.30. The molecule has 0 fully saturated rings. The predicted molar refractivity (Wildman–Crippen MR) is 103 cm³/mol. The van der Waals surface area contributed by atoms with Gasteiger partial charge in [0.15, 0.2) is 5.16 Å². The van der Waals surface area contributed by atoms with Crippen LogP contribution >= 0.6 is 11.8 Å². The molecule has 0 radical (unpaired) electrons. The summed E-state index contributed by atoms with van der Waals surface area (Å²) in [6, 6.07) is 17.2. The largest absolute Gasteiger partial charge is 0.494 e. The van der Waals surface area contributed by atoms with Crippen LogP contribution in [0.5, 0.6) is 5.75 Å². The lowest BCUT2D eigenvalue weighted by Gasteiger charge is -2.09. The molecule has 134 valence electrons. The molecule has 0 bridgehead atoms. The number of carbonyl (C=O) groups is 1. The van der Waals surface area contributed by atoms with Gasteiger partial charge in [0.05, 0.1) is 12.4 Å². The molecule has 3 aromatic rings. The Balaban J connectivity index is 1.62. The molecule has 1 N–H and O–H groups in total. The van der Waals surface area contributed by atoms with E-state index in [1.807, 2.05) is 73.0 Å². The van der Waals surface area contributed by atoms with E-state index in [4.69, 9.17) is 4.74 Å². The fourth-order valence-electron chi connectivity index (χ4n) is 2.44. The van der Waals surface area contributed by atoms with Crippen LogP contribution in [-0.4, -0.2) is 33.0 Å². The smallest absolute Gasteiger partial charge is 0.234 e. The van der Waals surface area contributed by atoms with Crippen molar-refractivity contribution in [1.82, 2.24) is 14.8 Å². The van der Waals surface area contributed by atoms with Crippen LogP contribution in [0.3, 0.4) is 0 Å². The third-order valence-corrected chi connectivity index (χ3v) is 4.52. The minimum Gasteiger partial charge on any atom is -0.494 e. The molecular formula is C19H20N4O2S. The number of benzene rings is 2. The van der Waals surface area contributed by atoms with Crippen molar-refractivity contribution >= 4 is 23.4 Å². The molecule has 1 amide bonds. The van der Waals surface area contributed by atoms with Gasteiger partial charge >= 0.3 is 0 Å². The molecule has 0 spiro atoms. The quantitative estimate of drug-likeness (QED) is 0.644. The van der Waals surface area contributed by atoms with E-state index in [0.29, 0.717) is 11.8 Å². The topological polar surface area (TPSA) is 69.0 Å². The van der Waals surface area contributed by atoms with Crippen molar-refractivity contribution in [2.45, 2.75) is 19.0 Å². The summed E-state index contributed by atoms with van der Waals surface area (Å²) in [5.41, 5.74) is 1.71. The van der Waals surface area contributed by atoms with Gasteiger partial charge in [-0.15, -0.1) is 10.2 Å². The molecule has 3 rings (SSSR count). The molecule has 0 atom stereocenters. The van der Waals surface area contributed by atoms with Crippen molar-refractivity contribution < 1.29 is 9.53 Å². The van der Waals surface area contributed by atoms with Gasteiger partial charge in [-0.25, -0.2) is 0 Å². The number of ether oxygens (including phenoxy) is 1. The molecule has 6 nitrogen and oxygen atoms in total. The number of nitrogens with one attached hydrogen (secondary N) is 1. The Labute approximate surface area is 156 Å². The van der Waals surface area contributed by atoms with Gasteiger partial charge in [-0.1, -0.05) is 30.0 Å². The summed E-state index contributed by atoms with van der Waals surface area (Å²) in [4.78, 5) is 12.2. The summed E-state index contributed by atoms with van der Waals surface area (Å²) >= 11 is 1.35. The van der Waals surface area contributed by atoms with E-state index >= 15 is 0 Å². The molecule has 1 aromatic heterocycles. The van der Waals surface area contributed by atoms with Crippen LogP contribution in [0.15, 0.2) is 59.8 Å². The van der Waals surface area contributed by atoms with Gasteiger partial charge < -0.3 is 10.1 Å². The number of para-hydroxylation sites is 1. The Bertz CT molecular complexity index is 863. The Morgan fingerprint density at radius 2 is 1.85 bits per heavy atom. The summed E-state index contributed by atoms with van der Waals surface area (Å²) in [6.45, 7) is 4.44. The first kappa shape index (κ1) is 18.0. The number of aryl methyl sites for hydroxylation is 1. The highest BCUT2D eigenvalue weighted by atomic mass is 32.2. The number of thioether (sulfide) groups is 1. The molecule has 0 aliphatic heterocycles. The number of anilines is 1. The number of rotatable bonds is 7. The summed E-state index contributed by atoms with van der Waals surface area (Å²) in [6.07, 6.45) is 0. The molecule has 0 unspecified atom stereocenters. The van der Waals surface area contributed by atoms with E-state index < -0.39 is 0 Å². The molecule has 7 heteroatoms. The summed E-state index contributed by atoms with van der Waals surface area (Å²) in [7, 11) is 0. The highest BCUT2D eigenvalue weighted by Gasteiger charge is 2.13. The summed E-state index contributed by atoms with van der Waals surface area (Å²) in [5.74, 6) is 1.72. The Hall–Kier alpha value is -2.80. The van der Waals surface area contributed by atoms with Crippen molar-refractivity contribution in [1.29, 1.82) is 0 Å². The zero-order valence-electron chi connectivity index (χ0n) is 14.7. The lowest BCUT2D eigenvalue weighted by Crippen LogP contribution is -2.14. The Kier molecular flexibility index (Phi) is 5.91. The lowest BCUT2D eigenvalue weighted by atomic mass is 10.3. The first-order valence-corrected chi connectivity index (χ1v) is 9.29. The second-order valence-electron chi connectivity index (χ2n) is 5.49. The van der Waals surface area contributed by atoms with E-state index in [1.165, 1.54) is 11.8 Å². The van der Waals surface area contributed by atoms with Crippen molar-refractivity contribution in [3.05, 3.63) is 60.4 Å². The molecule has 0 aliphatic rings. The van der Waals surface area contributed by atoms with Gasteiger partial charge in [-0.05, 0) is 50.2 Å². The summed E-state index contributed by atoms with van der Waals surface area (Å²) < 4.78 is 7.33. The third kappa shape index (κ3) is 4.43. The van der Waals surface area contributed by atoms with Crippen molar-refractivity contribution in [2.75, 3.05) is 17.7 Å². The molecule has 0 saturated carbocycles. The average molecular weight is 368 g/mol. The van der Waals surface area contributed by atoms with Crippen LogP contribution in [-0.2, 0) is 4.79 Å². The number of aromatic nitrogens is 3. The highest BCUT2D eigenvalue weighted by molar-refractivity contribution is 7.99. The fourth-order valence-corrected chi connectivity index (χ4v) is 3.24. The SMILES string of the molecule is CCOc1ccc(NC(=O)CSc2nnc(C)n2-c2ccccc2)cc1. The lowest BCUT2D eigenvalue weighted by molar-refractivity contribution is -0.113. The maximum Gasteiger partial charge on any atom is 0.234 e. The van der Waals surface area contributed by atoms with Gasteiger partial charge in [0.2, 0.25) is 5.91 Å². The normalized spacial score (nSPS) is 10.5. The number of hydrogen-bond acceptors (Lipinski definition) is 5. The Morgan fingerprint density at radius 3 is 2.54 bits per heavy atom. The first-order chi connectivity index (χ1) is 12.7. The zero-order chi connectivity index (χ0) is 18.4. The van der Waals surface area contributed by atoms with Crippen LogP contribution in [0.1, 0.15) is 12.7 Å². The van der Waals surface area contributed by atoms with Crippen molar-refractivity contribution in [3.8, 4) is 11.4 Å². The second-order valence-corrected chi connectivity index (χ2v) is 6.44. The summed E-state index contributed by atoms with van der Waals surface area (Å²) in [5, 5.41) is 11.9. The fraction of sp³-hybridized carbons (Fsp3) is 0.211. The minimum atomic E-state index is -0.0978. The second kappa shape index (κ2) is 8.53. The van der Waals surface area contributed by atoms with E-state index in [2.05, 4.69) is 15.5 Å². The highest BCUT2D eigenvalue weighted by Crippen LogP contribution is 2.22. The van der Waals surface area contributed by atoms with Crippen LogP contribution in [0.25, 0.3) is 5.69 Å². The maximum atomic E-state index is 12.2. The molecule has 0 saturated heterocycles. The van der Waals surface area contributed by atoms with Crippen molar-refractivity contribution in [3.63, 3.8) is 0 Å². The zero-order valence-corrected chi connectivity index (χ0v) is 15.5. The molecule has 0 aliphatic carbocycles. The Morgan fingerprint density at radius 1 is 1.12 bits per heavy atom. The minimum absolute atomic E-state index is 0.0978. The third-order valence-electron chi connectivity index (χ3n) is 3.59. The van der Waals surface area contributed by atoms with Gasteiger partial charge in [0, 0.05) is 11.4 Å². The molecular weight excluding hydrogens is 348 g/mol. The van der Waals surface area contributed by atoms with Crippen LogP contribution in [0.2, 0.25) is 0 Å². The monoisotopic (exact) mass is 368 g/mol. The maximum absolute atomic E-state index is 12.2. The molecule has 26 heavy (non-hydrogen) atoms. The number of carbonyl (C=O) groups excluding carboxylic acids is 1. The molecule has 1 heterocycles. The van der Waals surface area contributed by atoms with Gasteiger partial charge in [0.1, 0.15) is 11.6 Å². The predicted octanol–water partition coefficient (Wildman–Crippen LogP) is 3.71. The van der Waals surface area contributed by atoms with Gasteiger partial charge in [0.25, 0.3) is 0 Å². The standard InChI is InChI=1S/C19H20N4O2S/c1-3-25-17-11-9-15(10-12-17)20-18(24)13-26-19-22-21-14(2)23(19)16-7-5-4-6-8-16/h4-12H,3,13H2,1-2H3,(H,20,24). The van der Waals surface area contributed by atoms with Gasteiger partial charge in [-0.3, -0.25) is 9.36 Å². The van der Waals surface area contributed by atoms with E-state index in [-0.39, 0.29) is 11.7 Å². The van der Waals surface area contributed by atoms with Crippen LogP contribution in [0, 0.1) is 6.92 Å². The van der Waals surface area contributed by atoms with Gasteiger partial charge in [-0.2, -0.15) is 0 Å². The van der Waals surface area contributed by atoms with Crippen LogP contribution < -0.4 is 10.1 Å². The molecule has 2 aromatic carbocycles.